The van der Waals surface area contributed by atoms with Gasteiger partial charge in [0.15, 0.2) is 11.5 Å². The molecule has 0 spiro atoms. The summed E-state index contributed by atoms with van der Waals surface area (Å²) < 4.78 is 11.3. The van der Waals surface area contributed by atoms with Gasteiger partial charge in [-0.15, -0.1) is 0 Å². The Morgan fingerprint density at radius 2 is 2.00 bits per heavy atom. The fourth-order valence-electron chi connectivity index (χ4n) is 2.48. The zero-order chi connectivity index (χ0) is 13.5. The Morgan fingerprint density at radius 3 is 2.39 bits per heavy atom. The Hall–Kier alpha value is -0.940. The van der Waals surface area contributed by atoms with E-state index in [4.69, 9.17) is 15.2 Å². The highest BCUT2D eigenvalue weighted by Gasteiger charge is 2.51. The van der Waals surface area contributed by atoms with Crippen molar-refractivity contribution >= 4 is 15.9 Å². The number of ether oxygens (including phenoxy) is 2. The second-order valence-electron chi connectivity index (χ2n) is 4.76. The summed E-state index contributed by atoms with van der Waals surface area (Å²) in [5.41, 5.74) is 6.74. The number of hydrogen-bond donors (Lipinski definition) is 2. The van der Waals surface area contributed by atoms with Gasteiger partial charge in [0.1, 0.15) is 5.75 Å². The zero-order valence-electron chi connectivity index (χ0n) is 10.8. The molecular formula is C13H18BrNO3. The lowest BCUT2D eigenvalue weighted by Crippen LogP contribution is -2.32. The van der Waals surface area contributed by atoms with Crippen LogP contribution < -0.4 is 15.2 Å². The number of hydrogen-bond acceptors (Lipinski definition) is 4. The summed E-state index contributed by atoms with van der Waals surface area (Å²) in [5, 5.41) is 10.2. The Bertz CT molecular complexity index is 470. The minimum absolute atomic E-state index is 0.0159. The lowest BCUT2D eigenvalue weighted by atomic mass is 9.88. The van der Waals surface area contributed by atoms with Crippen molar-refractivity contribution in [1.82, 2.24) is 0 Å². The van der Waals surface area contributed by atoms with E-state index in [1.165, 1.54) is 0 Å². The molecule has 0 aliphatic heterocycles. The maximum absolute atomic E-state index is 10.2. The van der Waals surface area contributed by atoms with Gasteiger partial charge in [0, 0.05) is 23.1 Å². The van der Waals surface area contributed by atoms with Crippen LogP contribution >= 0.6 is 15.9 Å². The van der Waals surface area contributed by atoms with Crippen LogP contribution in [0.2, 0.25) is 0 Å². The number of methoxy groups -OCH3 is 2. The minimum Gasteiger partial charge on any atom is -0.507 e. The predicted molar refractivity (Wildman–Crippen MR) is 73.5 cm³/mol. The van der Waals surface area contributed by atoms with Crippen molar-refractivity contribution in [2.75, 3.05) is 14.2 Å². The molecule has 3 N–H and O–H groups in total. The summed E-state index contributed by atoms with van der Waals surface area (Å²) in [6, 6.07) is 1.57. The van der Waals surface area contributed by atoms with Crippen LogP contribution in [0.4, 0.5) is 0 Å². The standard InChI is InChI=1S/C13H18BrNO3/c1-7(15)13(4-5-13)10-8(16)6-9(17-2)12(18-3)11(10)14/h6-7,16H,4-5,15H2,1-3H3. The van der Waals surface area contributed by atoms with Gasteiger partial charge in [-0.1, -0.05) is 0 Å². The molecule has 1 atom stereocenters. The molecule has 1 unspecified atom stereocenters. The summed E-state index contributed by atoms with van der Waals surface area (Å²) in [7, 11) is 3.12. The third-order valence-electron chi connectivity index (χ3n) is 3.75. The maximum Gasteiger partial charge on any atom is 0.175 e. The average Bonchev–Trinajstić information content (AvgIpc) is 3.09. The molecular weight excluding hydrogens is 298 g/mol. The molecule has 1 aromatic rings. The van der Waals surface area contributed by atoms with Crippen molar-refractivity contribution in [2.45, 2.75) is 31.2 Å². The fraction of sp³-hybridized carbons (Fsp3) is 0.538. The van der Waals surface area contributed by atoms with E-state index in [2.05, 4.69) is 15.9 Å². The number of rotatable bonds is 4. The number of aromatic hydroxyl groups is 1. The highest BCUT2D eigenvalue weighted by Crippen LogP contribution is 2.58. The third kappa shape index (κ3) is 1.86. The summed E-state index contributed by atoms with van der Waals surface area (Å²) in [5.74, 6) is 1.30. The van der Waals surface area contributed by atoms with E-state index in [1.807, 2.05) is 6.92 Å². The van der Waals surface area contributed by atoms with Crippen molar-refractivity contribution in [3.05, 3.63) is 16.1 Å². The summed E-state index contributed by atoms with van der Waals surface area (Å²) >= 11 is 3.51. The summed E-state index contributed by atoms with van der Waals surface area (Å²) in [6.45, 7) is 1.97. The molecule has 5 heteroatoms. The fourth-order valence-corrected chi connectivity index (χ4v) is 3.43. The Labute approximate surface area is 115 Å². The maximum atomic E-state index is 10.2. The van der Waals surface area contributed by atoms with Crippen molar-refractivity contribution < 1.29 is 14.6 Å². The van der Waals surface area contributed by atoms with Crippen LogP contribution in [0.1, 0.15) is 25.3 Å². The topological polar surface area (TPSA) is 64.7 Å². The molecule has 1 aromatic carbocycles. The molecule has 18 heavy (non-hydrogen) atoms. The van der Waals surface area contributed by atoms with Crippen LogP contribution in [0, 0.1) is 0 Å². The van der Waals surface area contributed by atoms with Crippen LogP contribution in [0.3, 0.4) is 0 Å². The number of benzene rings is 1. The van der Waals surface area contributed by atoms with Crippen molar-refractivity contribution in [2.24, 2.45) is 5.73 Å². The van der Waals surface area contributed by atoms with Gasteiger partial charge in [-0.05, 0) is 35.7 Å². The first kappa shape index (κ1) is 13.5. The molecule has 2 rings (SSSR count). The number of nitrogens with two attached hydrogens (primary N) is 1. The molecule has 1 aliphatic rings. The van der Waals surface area contributed by atoms with Crippen LogP contribution in [0.25, 0.3) is 0 Å². The van der Waals surface area contributed by atoms with E-state index < -0.39 is 0 Å². The normalized spacial score (nSPS) is 18.3. The third-order valence-corrected chi connectivity index (χ3v) is 4.51. The molecule has 1 aliphatic carbocycles. The van der Waals surface area contributed by atoms with E-state index in [0.29, 0.717) is 11.5 Å². The van der Waals surface area contributed by atoms with Crippen LogP contribution in [-0.4, -0.2) is 25.4 Å². The highest BCUT2D eigenvalue weighted by atomic mass is 79.9. The van der Waals surface area contributed by atoms with Gasteiger partial charge in [0.05, 0.1) is 18.7 Å². The van der Waals surface area contributed by atoms with Gasteiger partial charge < -0.3 is 20.3 Å². The molecule has 100 valence electrons. The predicted octanol–water partition coefficient (Wildman–Crippen LogP) is 2.55. The first-order valence-corrected chi connectivity index (χ1v) is 6.66. The van der Waals surface area contributed by atoms with Gasteiger partial charge >= 0.3 is 0 Å². The van der Waals surface area contributed by atoms with E-state index >= 15 is 0 Å². The summed E-state index contributed by atoms with van der Waals surface area (Å²) in [4.78, 5) is 0. The van der Waals surface area contributed by atoms with Gasteiger partial charge in [-0.2, -0.15) is 0 Å². The van der Waals surface area contributed by atoms with Crippen molar-refractivity contribution in [3.8, 4) is 17.2 Å². The first-order chi connectivity index (χ1) is 8.47. The van der Waals surface area contributed by atoms with Gasteiger partial charge in [0.2, 0.25) is 0 Å². The van der Waals surface area contributed by atoms with Crippen LogP contribution in [0.15, 0.2) is 10.5 Å². The SMILES string of the molecule is COc1cc(O)c(C2(C(C)N)CC2)c(Br)c1OC. The molecule has 0 heterocycles. The number of phenolic OH excluding ortho intramolecular Hbond substituents is 1. The number of phenols is 1. The smallest absolute Gasteiger partial charge is 0.175 e. The van der Waals surface area contributed by atoms with Crippen LogP contribution in [0.5, 0.6) is 17.2 Å². The largest absolute Gasteiger partial charge is 0.507 e. The molecule has 0 saturated heterocycles. The van der Waals surface area contributed by atoms with Gasteiger partial charge in [-0.3, -0.25) is 0 Å². The zero-order valence-corrected chi connectivity index (χ0v) is 12.4. The quantitative estimate of drug-likeness (QED) is 0.896. The monoisotopic (exact) mass is 315 g/mol. The summed E-state index contributed by atoms with van der Waals surface area (Å²) in [6.07, 6.45) is 1.96. The van der Waals surface area contributed by atoms with Crippen LogP contribution in [-0.2, 0) is 5.41 Å². The molecule has 0 bridgehead atoms. The number of halogens is 1. The van der Waals surface area contributed by atoms with Crippen molar-refractivity contribution in [3.63, 3.8) is 0 Å². The average molecular weight is 316 g/mol. The van der Waals surface area contributed by atoms with E-state index in [0.717, 1.165) is 22.9 Å². The van der Waals surface area contributed by atoms with Gasteiger partial charge in [0.25, 0.3) is 0 Å². The van der Waals surface area contributed by atoms with Gasteiger partial charge in [-0.25, -0.2) is 0 Å². The lowest BCUT2D eigenvalue weighted by molar-refractivity contribution is 0.346. The Balaban J connectivity index is 2.62. The second-order valence-corrected chi connectivity index (χ2v) is 5.56. The second kappa shape index (κ2) is 4.63. The molecule has 1 saturated carbocycles. The Kier molecular flexibility index (Phi) is 3.47. The molecule has 0 radical (unpaired) electrons. The molecule has 1 fully saturated rings. The van der Waals surface area contributed by atoms with E-state index in [1.54, 1.807) is 20.3 Å². The Morgan fingerprint density at radius 1 is 1.39 bits per heavy atom. The van der Waals surface area contributed by atoms with E-state index in [9.17, 15) is 5.11 Å². The molecule has 0 amide bonds. The molecule has 0 aromatic heterocycles. The minimum atomic E-state index is -0.150. The highest BCUT2D eigenvalue weighted by molar-refractivity contribution is 9.10. The molecule has 4 nitrogen and oxygen atoms in total. The van der Waals surface area contributed by atoms with E-state index in [-0.39, 0.29) is 17.2 Å². The lowest BCUT2D eigenvalue weighted by Gasteiger charge is -2.24. The first-order valence-electron chi connectivity index (χ1n) is 5.87. The van der Waals surface area contributed by atoms with Crippen molar-refractivity contribution in [1.29, 1.82) is 0 Å².